The Bertz CT molecular complexity index is 813. The lowest BCUT2D eigenvalue weighted by Crippen LogP contribution is -2.56. The molecule has 0 N–H and O–H groups in total. The zero-order valence-corrected chi connectivity index (χ0v) is 15.5. The number of rotatable bonds is 2. The third-order valence-corrected chi connectivity index (χ3v) is 6.77. The van der Waals surface area contributed by atoms with Crippen LogP contribution in [0.25, 0.3) is 6.08 Å². The van der Waals surface area contributed by atoms with E-state index in [1.807, 2.05) is 12.1 Å². The standard InChI is InChI=1S/C19H18Cl2O4/c1-24-16(22)18(17(23)25-2)8-11-3-4-19(11)12(9-18)5-10-6-13(20)7-14(21)15(10)19/h5-7,11H,3-4,8-9H2,1-2H3. The van der Waals surface area contributed by atoms with Crippen molar-refractivity contribution in [2.75, 3.05) is 14.2 Å². The molecule has 0 amide bonds. The quantitative estimate of drug-likeness (QED) is 0.570. The van der Waals surface area contributed by atoms with E-state index in [1.165, 1.54) is 14.2 Å². The van der Waals surface area contributed by atoms with Gasteiger partial charge in [-0.25, -0.2) is 0 Å². The highest BCUT2D eigenvalue weighted by molar-refractivity contribution is 6.35. The molecular weight excluding hydrogens is 363 g/mol. The molecule has 2 fully saturated rings. The Hall–Kier alpha value is -1.52. The van der Waals surface area contributed by atoms with Crippen molar-refractivity contribution >= 4 is 41.2 Å². The van der Waals surface area contributed by atoms with E-state index in [0.717, 1.165) is 29.5 Å². The van der Waals surface area contributed by atoms with Crippen LogP contribution in [0.5, 0.6) is 0 Å². The predicted octanol–water partition coefficient (Wildman–Crippen LogP) is 4.16. The molecule has 4 nitrogen and oxygen atoms in total. The molecule has 2 saturated carbocycles. The maximum atomic E-state index is 12.5. The van der Waals surface area contributed by atoms with E-state index in [9.17, 15) is 9.59 Å². The number of allylic oxidation sites excluding steroid dienone is 1. The summed E-state index contributed by atoms with van der Waals surface area (Å²) in [5.74, 6) is -0.896. The fraction of sp³-hybridized carbons (Fsp3) is 0.474. The van der Waals surface area contributed by atoms with Gasteiger partial charge in [-0.1, -0.05) is 34.9 Å². The molecule has 0 aliphatic heterocycles. The summed E-state index contributed by atoms with van der Waals surface area (Å²) in [7, 11) is 2.62. The van der Waals surface area contributed by atoms with Gasteiger partial charge in [0.05, 0.1) is 14.2 Å². The molecule has 1 aromatic rings. The average molecular weight is 381 g/mol. The highest BCUT2D eigenvalue weighted by atomic mass is 35.5. The van der Waals surface area contributed by atoms with Crippen LogP contribution in [-0.2, 0) is 24.5 Å². The van der Waals surface area contributed by atoms with Crippen LogP contribution in [0.3, 0.4) is 0 Å². The van der Waals surface area contributed by atoms with Gasteiger partial charge in [0.25, 0.3) is 0 Å². The lowest BCUT2D eigenvalue weighted by molar-refractivity contribution is -0.174. The summed E-state index contributed by atoms with van der Waals surface area (Å²) in [5, 5.41) is 1.24. The first-order valence-corrected chi connectivity index (χ1v) is 9.02. The first-order valence-electron chi connectivity index (χ1n) is 8.26. The summed E-state index contributed by atoms with van der Waals surface area (Å²) in [6.45, 7) is 0. The van der Waals surface area contributed by atoms with Crippen molar-refractivity contribution in [3.63, 3.8) is 0 Å². The molecule has 0 aromatic heterocycles. The average Bonchev–Trinajstić information content (AvgIpc) is 2.91. The van der Waals surface area contributed by atoms with E-state index >= 15 is 0 Å². The second kappa shape index (κ2) is 5.49. The molecule has 0 saturated heterocycles. The fourth-order valence-electron chi connectivity index (χ4n) is 5.13. The van der Waals surface area contributed by atoms with Crippen molar-refractivity contribution in [3.05, 3.63) is 38.9 Å². The molecular formula is C19H18Cl2O4. The van der Waals surface area contributed by atoms with Crippen LogP contribution in [0.4, 0.5) is 0 Å². The first-order chi connectivity index (χ1) is 11.9. The lowest BCUT2D eigenvalue weighted by atomic mass is 9.46. The molecule has 3 aliphatic carbocycles. The van der Waals surface area contributed by atoms with Gasteiger partial charge < -0.3 is 9.47 Å². The fourth-order valence-corrected chi connectivity index (χ4v) is 5.81. The van der Waals surface area contributed by atoms with Crippen LogP contribution in [0.15, 0.2) is 17.7 Å². The van der Waals surface area contributed by atoms with Crippen LogP contribution >= 0.6 is 23.2 Å². The minimum absolute atomic E-state index is 0.158. The smallest absolute Gasteiger partial charge is 0.323 e. The lowest BCUT2D eigenvalue weighted by Gasteiger charge is -2.57. The number of ether oxygens (including phenoxy) is 2. The van der Waals surface area contributed by atoms with E-state index < -0.39 is 17.4 Å². The maximum absolute atomic E-state index is 12.5. The minimum Gasteiger partial charge on any atom is -0.468 e. The van der Waals surface area contributed by atoms with Gasteiger partial charge in [0.1, 0.15) is 0 Å². The van der Waals surface area contributed by atoms with Gasteiger partial charge in [-0.05, 0) is 54.9 Å². The topological polar surface area (TPSA) is 52.6 Å². The molecule has 2 atom stereocenters. The number of carbonyl (C=O) groups excluding carboxylic acids is 2. The Morgan fingerprint density at radius 3 is 2.40 bits per heavy atom. The van der Waals surface area contributed by atoms with Gasteiger partial charge in [0.2, 0.25) is 0 Å². The summed E-state index contributed by atoms with van der Waals surface area (Å²) in [4.78, 5) is 25.1. The van der Waals surface area contributed by atoms with E-state index in [4.69, 9.17) is 32.7 Å². The number of methoxy groups -OCH3 is 2. The van der Waals surface area contributed by atoms with Crippen LogP contribution in [0, 0.1) is 11.3 Å². The van der Waals surface area contributed by atoms with Crippen molar-refractivity contribution in [3.8, 4) is 0 Å². The number of carbonyl (C=O) groups is 2. The predicted molar refractivity (Wildman–Crippen MR) is 94.5 cm³/mol. The molecule has 3 aliphatic rings. The van der Waals surface area contributed by atoms with Crippen molar-refractivity contribution in [2.24, 2.45) is 11.3 Å². The molecule has 1 spiro atoms. The Labute approximate surface area is 156 Å². The third-order valence-electron chi connectivity index (χ3n) is 6.26. The van der Waals surface area contributed by atoms with Gasteiger partial charge in [-0.3, -0.25) is 9.59 Å². The van der Waals surface area contributed by atoms with Gasteiger partial charge in [-0.2, -0.15) is 0 Å². The summed E-state index contributed by atoms with van der Waals surface area (Å²) in [5.41, 5.74) is 1.69. The molecule has 0 radical (unpaired) electrons. The maximum Gasteiger partial charge on any atom is 0.323 e. The summed E-state index contributed by atoms with van der Waals surface area (Å²) in [6, 6.07) is 3.67. The van der Waals surface area contributed by atoms with Gasteiger partial charge in [0.15, 0.2) is 5.41 Å². The van der Waals surface area contributed by atoms with Crippen LogP contribution in [0.2, 0.25) is 10.0 Å². The SMILES string of the molecule is COC(=O)C1(C(=O)OC)CC2=Cc3cc(Cl)cc(Cl)c3C23CCC3C1. The number of fused-ring (bicyclic) bond motifs is 1. The number of esters is 2. The summed E-state index contributed by atoms with van der Waals surface area (Å²) >= 11 is 12.7. The molecule has 132 valence electrons. The molecule has 0 bridgehead atoms. The summed E-state index contributed by atoms with van der Waals surface area (Å²) in [6.07, 6.45) is 4.66. The van der Waals surface area contributed by atoms with Gasteiger partial charge >= 0.3 is 11.9 Å². The summed E-state index contributed by atoms with van der Waals surface area (Å²) < 4.78 is 9.95. The molecule has 1 aromatic carbocycles. The first kappa shape index (κ1) is 16.9. The third kappa shape index (κ3) is 2.01. The zero-order valence-electron chi connectivity index (χ0n) is 14.0. The van der Waals surface area contributed by atoms with E-state index in [1.54, 1.807) is 6.07 Å². The van der Waals surface area contributed by atoms with Crippen molar-refractivity contribution in [2.45, 2.75) is 31.1 Å². The highest BCUT2D eigenvalue weighted by Crippen LogP contribution is 2.68. The second-order valence-corrected chi connectivity index (χ2v) is 8.02. The molecule has 25 heavy (non-hydrogen) atoms. The molecule has 4 rings (SSSR count). The zero-order chi connectivity index (χ0) is 18.0. The minimum atomic E-state index is -1.28. The number of hydrogen-bond acceptors (Lipinski definition) is 4. The molecule has 2 unspecified atom stereocenters. The van der Waals surface area contributed by atoms with Crippen LogP contribution in [0.1, 0.15) is 36.8 Å². The monoisotopic (exact) mass is 380 g/mol. The number of hydrogen-bond donors (Lipinski definition) is 0. The van der Waals surface area contributed by atoms with Crippen LogP contribution in [-0.4, -0.2) is 26.2 Å². The second-order valence-electron chi connectivity index (χ2n) is 7.17. The number of halogens is 2. The Kier molecular flexibility index (Phi) is 3.71. The van der Waals surface area contributed by atoms with E-state index in [-0.39, 0.29) is 11.3 Å². The molecule has 6 heteroatoms. The van der Waals surface area contributed by atoms with E-state index in [2.05, 4.69) is 0 Å². The van der Waals surface area contributed by atoms with E-state index in [0.29, 0.717) is 22.9 Å². The van der Waals surface area contributed by atoms with Crippen molar-refractivity contribution in [1.29, 1.82) is 0 Å². The largest absolute Gasteiger partial charge is 0.468 e. The molecule has 0 heterocycles. The highest BCUT2D eigenvalue weighted by Gasteiger charge is 2.65. The van der Waals surface area contributed by atoms with Crippen molar-refractivity contribution < 1.29 is 19.1 Å². The van der Waals surface area contributed by atoms with Gasteiger partial charge in [-0.15, -0.1) is 0 Å². The normalized spacial score (nSPS) is 28.0. The Morgan fingerprint density at radius 1 is 1.16 bits per heavy atom. The van der Waals surface area contributed by atoms with Crippen molar-refractivity contribution in [1.82, 2.24) is 0 Å². The Balaban J connectivity index is 1.86. The van der Waals surface area contributed by atoms with Gasteiger partial charge in [0, 0.05) is 15.5 Å². The van der Waals surface area contributed by atoms with Crippen LogP contribution < -0.4 is 0 Å². The Morgan fingerprint density at radius 2 is 1.84 bits per heavy atom. The number of benzene rings is 1.